The number of rotatable bonds is 5. The largest absolute Gasteiger partial charge is 0.336 e. The number of nitrogens with zero attached hydrogens (tertiary/aromatic N) is 1. The molecule has 1 aromatic rings. The van der Waals surface area contributed by atoms with Crippen LogP contribution in [0.5, 0.6) is 0 Å². The fourth-order valence-electron chi connectivity index (χ4n) is 1.73. The molecule has 1 atom stereocenters. The van der Waals surface area contributed by atoms with E-state index in [0.717, 1.165) is 10.0 Å². The molecule has 0 fully saturated rings. The van der Waals surface area contributed by atoms with E-state index in [1.807, 2.05) is 50.1 Å². The van der Waals surface area contributed by atoms with Crippen LogP contribution in [0.2, 0.25) is 0 Å². The summed E-state index contributed by atoms with van der Waals surface area (Å²) in [5, 5.41) is 4.98. The van der Waals surface area contributed by atoms with Gasteiger partial charge in [-0.2, -0.15) is 0 Å². The van der Waals surface area contributed by atoms with Gasteiger partial charge in [-0.25, -0.2) is 4.79 Å². The summed E-state index contributed by atoms with van der Waals surface area (Å²) in [6, 6.07) is 7.06. The van der Waals surface area contributed by atoms with Gasteiger partial charge in [0, 0.05) is 17.1 Å². The lowest BCUT2D eigenvalue weighted by atomic mass is 10.2. The molecule has 2 N–H and O–H groups in total. The molecule has 6 heteroatoms. The molecule has 0 saturated carbocycles. The van der Waals surface area contributed by atoms with Crippen molar-refractivity contribution in [1.29, 1.82) is 0 Å². The summed E-state index contributed by atoms with van der Waals surface area (Å²) in [6.45, 7) is 6.09. The highest BCUT2D eigenvalue weighted by Gasteiger charge is 2.20. The van der Waals surface area contributed by atoms with Crippen LogP contribution in [0.3, 0.4) is 0 Å². The predicted molar refractivity (Wildman–Crippen MR) is 86.9 cm³/mol. The summed E-state index contributed by atoms with van der Waals surface area (Å²) in [5.74, 6) is -0.312. The number of benzene rings is 1. The van der Waals surface area contributed by atoms with E-state index in [0.29, 0.717) is 6.54 Å². The molecule has 0 saturated heterocycles. The molecule has 0 aliphatic carbocycles. The Bertz CT molecular complexity index is 488. The van der Waals surface area contributed by atoms with Gasteiger partial charge in [0.2, 0.25) is 5.91 Å². The summed E-state index contributed by atoms with van der Waals surface area (Å²) < 4.78 is 1.02. The smallest absolute Gasteiger partial charge is 0.321 e. The molecule has 0 aliphatic heterocycles. The Morgan fingerprint density at radius 2 is 1.76 bits per heavy atom. The Balaban J connectivity index is 2.53. The van der Waals surface area contributed by atoms with E-state index >= 15 is 0 Å². The van der Waals surface area contributed by atoms with Crippen LogP contribution in [0.4, 0.5) is 4.79 Å². The number of carbonyl (C=O) groups excluding carboxylic acids is 2. The van der Waals surface area contributed by atoms with E-state index in [4.69, 9.17) is 0 Å². The van der Waals surface area contributed by atoms with Gasteiger partial charge in [0.15, 0.2) is 0 Å². The highest BCUT2D eigenvalue weighted by Crippen LogP contribution is 2.12. The van der Waals surface area contributed by atoms with Crippen molar-refractivity contribution in [3.05, 3.63) is 34.3 Å². The van der Waals surface area contributed by atoms with E-state index in [9.17, 15) is 9.59 Å². The maximum absolute atomic E-state index is 12.0. The average Bonchev–Trinajstić information content (AvgIpc) is 2.39. The van der Waals surface area contributed by atoms with Crippen molar-refractivity contribution in [3.8, 4) is 0 Å². The number of amides is 3. The molecule has 1 unspecified atom stereocenters. The molecule has 0 bridgehead atoms. The second-order valence-electron chi connectivity index (χ2n) is 5.33. The molecule has 5 nitrogen and oxygen atoms in total. The monoisotopic (exact) mass is 355 g/mol. The minimum Gasteiger partial charge on any atom is -0.336 e. The minimum atomic E-state index is -0.459. The molecule has 0 heterocycles. The lowest BCUT2D eigenvalue weighted by Crippen LogP contribution is -2.49. The Labute approximate surface area is 134 Å². The van der Waals surface area contributed by atoms with Crippen molar-refractivity contribution >= 4 is 27.9 Å². The van der Waals surface area contributed by atoms with E-state index in [1.54, 1.807) is 6.92 Å². The molecule has 3 amide bonds. The van der Waals surface area contributed by atoms with Crippen LogP contribution >= 0.6 is 15.9 Å². The van der Waals surface area contributed by atoms with Crippen LogP contribution in [0.1, 0.15) is 26.3 Å². The first-order valence-electron chi connectivity index (χ1n) is 6.85. The maximum atomic E-state index is 12.0. The summed E-state index contributed by atoms with van der Waals surface area (Å²) in [4.78, 5) is 25.4. The summed E-state index contributed by atoms with van der Waals surface area (Å²) in [6.07, 6.45) is 0. The molecule has 21 heavy (non-hydrogen) atoms. The quantitative estimate of drug-likeness (QED) is 0.852. The topological polar surface area (TPSA) is 61.4 Å². The van der Waals surface area contributed by atoms with Crippen molar-refractivity contribution in [2.75, 3.05) is 7.05 Å². The third kappa shape index (κ3) is 6.27. The molecular formula is C15H22BrN3O2. The number of nitrogens with one attached hydrogen (secondary N) is 2. The fraction of sp³-hybridized carbons (Fsp3) is 0.467. The molecule has 0 aromatic heterocycles. The normalized spacial score (nSPS) is 12.3. The molecule has 1 rings (SSSR count). The molecule has 1 aromatic carbocycles. The van der Waals surface area contributed by atoms with Crippen LogP contribution in [-0.4, -0.2) is 36.0 Å². The molecule has 0 spiro atoms. The van der Waals surface area contributed by atoms with Crippen molar-refractivity contribution in [2.45, 2.75) is 39.4 Å². The van der Waals surface area contributed by atoms with Crippen LogP contribution in [0, 0.1) is 0 Å². The number of urea groups is 1. The van der Waals surface area contributed by atoms with Gasteiger partial charge in [-0.3, -0.25) is 15.0 Å². The van der Waals surface area contributed by atoms with Gasteiger partial charge in [0.1, 0.15) is 0 Å². The second-order valence-corrected chi connectivity index (χ2v) is 6.25. The molecular weight excluding hydrogens is 334 g/mol. The van der Waals surface area contributed by atoms with Crippen molar-refractivity contribution in [1.82, 2.24) is 15.5 Å². The Hall–Kier alpha value is -1.40. The number of imide groups is 1. The van der Waals surface area contributed by atoms with Crippen molar-refractivity contribution < 1.29 is 9.59 Å². The number of halogens is 1. The molecule has 0 aliphatic rings. The van der Waals surface area contributed by atoms with Crippen LogP contribution < -0.4 is 10.6 Å². The van der Waals surface area contributed by atoms with Gasteiger partial charge < -0.3 is 5.32 Å². The lowest BCUT2D eigenvalue weighted by molar-refractivity contribution is -0.124. The van der Waals surface area contributed by atoms with E-state index in [1.165, 1.54) is 0 Å². The van der Waals surface area contributed by atoms with Gasteiger partial charge in [0.05, 0.1) is 6.04 Å². The fourth-order valence-corrected chi connectivity index (χ4v) is 1.99. The third-order valence-corrected chi connectivity index (χ3v) is 3.57. The van der Waals surface area contributed by atoms with Gasteiger partial charge in [-0.05, 0) is 45.5 Å². The zero-order chi connectivity index (χ0) is 16.0. The standard InChI is InChI=1S/C15H22BrN3O2/c1-10(2)17-15(21)18-14(20)11(3)19(4)9-12-5-7-13(16)8-6-12/h5-8,10-11H,9H2,1-4H3,(H2,17,18,20,21). The van der Waals surface area contributed by atoms with E-state index in [-0.39, 0.29) is 11.9 Å². The first-order valence-corrected chi connectivity index (χ1v) is 7.65. The van der Waals surface area contributed by atoms with Gasteiger partial charge in [-0.15, -0.1) is 0 Å². The van der Waals surface area contributed by atoms with E-state index < -0.39 is 12.1 Å². The van der Waals surface area contributed by atoms with Crippen molar-refractivity contribution in [3.63, 3.8) is 0 Å². The number of likely N-dealkylation sites (N-methyl/N-ethyl adjacent to an activating group) is 1. The zero-order valence-corrected chi connectivity index (χ0v) is 14.4. The Kier molecular flexibility index (Phi) is 6.84. The Morgan fingerprint density at radius 3 is 2.29 bits per heavy atom. The first-order chi connectivity index (χ1) is 9.79. The van der Waals surface area contributed by atoms with Crippen LogP contribution in [-0.2, 0) is 11.3 Å². The Morgan fingerprint density at radius 1 is 1.19 bits per heavy atom. The SMILES string of the molecule is CC(C)NC(=O)NC(=O)C(C)N(C)Cc1ccc(Br)cc1. The number of hydrogen-bond donors (Lipinski definition) is 2. The first kappa shape index (κ1) is 17.7. The van der Waals surface area contributed by atoms with E-state index in [2.05, 4.69) is 26.6 Å². The lowest BCUT2D eigenvalue weighted by Gasteiger charge is -2.23. The zero-order valence-electron chi connectivity index (χ0n) is 12.8. The van der Waals surface area contributed by atoms with Crippen molar-refractivity contribution in [2.24, 2.45) is 0 Å². The van der Waals surface area contributed by atoms with Gasteiger partial charge >= 0.3 is 6.03 Å². The average molecular weight is 356 g/mol. The highest BCUT2D eigenvalue weighted by atomic mass is 79.9. The van der Waals surface area contributed by atoms with Crippen LogP contribution in [0.15, 0.2) is 28.7 Å². The summed E-state index contributed by atoms with van der Waals surface area (Å²) >= 11 is 3.39. The predicted octanol–water partition coefficient (Wildman–Crippen LogP) is 2.50. The van der Waals surface area contributed by atoms with Gasteiger partial charge in [-0.1, -0.05) is 28.1 Å². The summed E-state index contributed by atoms with van der Waals surface area (Å²) in [7, 11) is 1.85. The highest BCUT2D eigenvalue weighted by molar-refractivity contribution is 9.10. The maximum Gasteiger partial charge on any atom is 0.321 e. The molecule has 0 radical (unpaired) electrons. The third-order valence-electron chi connectivity index (χ3n) is 3.04. The number of hydrogen-bond acceptors (Lipinski definition) is 3. The number of carbonyl (C=O) groups is 2. The molecule has 116 valence electrons. The van der Waals surface area contributed by atoms with Gasteiger partial charge in [0.25, 0.3) is 0 Å². The minimum absolute atomic E-state index is 0.00592. The van der Waals surface area contributed by atoms with Crippen LogP contribution in [0.25, 0.3) is 0 Å². The second kappa shape index (κ2) is 8.14. The summed E-state index contributed by atoms with van der Waals surface area (Å²) in [5.41, 5.74) is 1.10.